The third kappa shape index (κ3) is 2.77. The van der Waals surface area contributed by atoms with Crippen molar-refractivity contribution in [3.8, 4) is 0 Å². The second kappa shape index (κ2) is 5.72. The van der Waals surface area contributed by atoms with Gasteiger partial charge in [-0.15, -0.1) is 0 Å². The van der Waals surface area contributed by atoms with E-state index in [1.165, 1.54) is 11.1 Å². The Bertz CT molecular complexity index is 1090. The van der Waals surface area contributed by atoms with Gasteiger partial charge in [-0.25, -0.2) is 13.8 Å². The lowest BCUT2D eigenvalue weighted by Gasteiger charge is -2.14. The van der Waals surface area contributed by atoms with Gasteiger partial charge in [-0.3, -0.25) is 0 Å². The topological polar surface area (TPSA) is 12.4 Å². The smallest absolute Gasteiger partial charge is 0.247 e. The molecule has 136 valence electrons. The van der Waals surface area contributed by atoms with Crippen LogP contribution in [-0.4, -0.2) is 11.6 Å². The zero-order valence-corrected chi connectivity index (χ0v) is 15.5. The van der Waals surface area contributed by atoms with Gasteiger partial charge in [-0.2, -0.15) is 0 Å². The van der Waals surface area contributed by atoms with E-state index in [2.05, 4.69) is 50.2 Å². The highest BCUT2D eigenvalue weighted by Gasteiger charge is 2.40. The number of aryl methyl sites for hydroxylation is 2. The van der Waals surface area contributed by atoms with E-state index in [0.29, 0.717) is 6.42 Å². The summed E-state index contributed by atoms with van der Waals surface area (Å²) < 4.78 is 27.6. The monoisotopic (exact) mass is 361 g/mol. The number of hydrogen-bond acceptors (Lipinski definition) is 1. The third-order valence-electron chi connectivity index (χ3n) is 5.83. The van der Waals surface area contributed by atoms with Gasteiger partial charge in [-0.05, 0) is 61.4 Å². The summed E-state index contributed by atoms with van der Waals surface area (Å²) >= 11 is 0. The molecular formula is C24H21F2N. The van der Waals surface area contributed by atoms with Gasteiger partial charge in [0.25, 0.3) is 0 Å². The van der Waals surface area contributed by atoms with Crippen molar-refractivity contribution >= 4 is 22.2 Å². The van der Waals surface area contributed by atoms with Crippen LogP contribution in [0.5, 0.6) is 0 Å². The van der Waals surface area contributed by atoms with Gasteiger partial charge in [0, 0.05) is 29.4 Å². The van der Waals surface area contributed by atoms with Crippen LogP contribution in [0.15, 0.2) is 53.5 Å². The molecule has 0 saturated heterocycles. The SMILES string of the molecule is Cc1cc(C)cc(C2=Nc3cccc4cc(C5CCC(F)(F)C5)cc2c34)c1. The van der Waals surface area contributed by atoms with Crippen LogP contribution in [0.1, 0.15) is 53.0 Å². The molecule has 3 aromatic carbocycles. The lowest BCUT2D eigenvalue weighted by atomic mass is 9.89. The molecule has 1 saturated carbocycles. The highest BCUT2D eigenvalue weighted by Crippen LogP contribution is 2.46. The molecular weight excluding hydrogens is 340 g/mol. The highest BCUT2D eigenvalue weighted by molar-refractivity contribution is 6.26. The molecule has 1 nitrogen and oxygen atoms in total. The number of halogens is 2. The zero-order valence-electron chi connectivity index (χ0n) is 15.5. The van der Waals surface area contributed by atoms with Gasteiger partial charge >= 0.3 is 0 Å². The van der Waals surface area contributed by atoms with Crippen LogP contribution in [0, 0.1) is 13.8 Å². The van der Waals surface area contributed by atoms with Gasteiger partial charge in [-0.1, -0.05) is 35.4 Å². The van der Waals surface area contributed by atoms with Gasteiger partial charge < -0.3 is 0 Å². The Morgan fingerprint density at radius 1 is 1.00 bits per heavy atom. The van der Waals surface area contributed by atoms with Crippen molar-refractivity contribution in [1.82, 2.24) is 0 Å². The normalized spacial score (nSPS) is 20.3. The first-order chi connectivity index (χ1) is 12.9. The van der Waals surface area contributed by atoms with E-state index in [4.69, 9.17) is 4.99 Å². The Hall–Kier alpha value is -2.55. The van der Waals surface area contributed by atoms with Crippen LogP contribution < -0.4 is 0 Å². The maximum Gasteiger partial charge on any atom is 0.248 e. The van der Waals surface area contributed by atoms with Gasteiger partial charge in [0.05, 0.1) is 11.4 Å². The molecule has 1 aliphatic carbocycles. The van der Waals surface area contributed by atoms with Crippen LogP contribution in [0.4, 0.5) is 14.5 Å². The number of nitrogens with zero attached hydrogens (tertiary/aromatic N) is 1. The molecule has 0 N–H and O–H groups in total. The molecule has 2 aliphatic rings. The molecule has 5 rings (SSSR count). The van der Waals surface area contributed by atoms with Crippen LogP contribution >= 0.6 is 0 Å². The minimum atomic E-state index is -2.54. The molecule has 3 heteroatoms. The average Bonchev–Trinajstić information content (AvgIpc) is 3.16. The van der Waals surface area contributed by atoms with Gasteiger partial charge in [0.15, 0.2) is 0 Å². The molecule has 0 aromatic heterocycles. The summed E-state index contributed by atoms with van der Waals surface area (Å²) in [7, 11) is 0. The van der Waals surface area contributed by atoms with Crippen LogP contribution in [-0.2, 0) is 0 Å². The van der Waals surface area contributed by atoms with Crippen LogP contribution in [0.25, 0.3) is 10.8 Å². The summed E-state index contributed by atoms with van der Waals surface area (Å²) in [6.07, 6.45) is 0.491. The Morgan fingerprint density at radius 2 is 1.78 bits per heavy atom. The number of benzene rings is 3. The van der Waals surface area contributed by atoms with Gasteiger partial charge in [0.1, 0.15) is 0 Å². The maximum atomic E-state index is 13.8. The average molecular weight is 361 g/mol. The fourth-order valence-electron chi connectivity index (χ4n) is 4.69. The first kappa shape index (κ1) is 16.6. The van der Waals surface area contributed by atoms with E-state index < -0.39 is 5.92 Å². The summed E-state index contributed by atoms with van der Waals surface area (Å²) in [6.45, 7) is 4.18. The second-order valence-electron chi connectivity index (χ2n) is 8.08. The molecule has 0 bridgehead atoms. The van der Waals surface area contributed by atoms with E-state index in [1.807, 2.05) is 12.1 Å². The lowest BCUT2D eigenvalue weighted by Crippen LogP contribution is -2.09. The first-order valence-electron chi connectivity index (χ1n) is 9.52. The highest BCUT2D eigenvalue weighted by atomic mass is 19.3. The Kier molecular flexibility index (Phi) is 3.52. The number of aliphatic imine (C=N–C) groups is 1. The minimum Gasteiger partial charge on any atom is -0.247 e. The molecule has 0 spiro atoms. The van der Waals surface area contributed by atoms with E-state index in [-0.39, 0.29) is 18.8 Å². The number of rotatable bonds is 2. The molecule has 1 unspecified atom stereocenters. The van der Waals surface area contributed by atoms with Crippen LogP contribution in [0.3, 0.4) is 0 Å². The molecule has 1 fully saturated rings. The van der Waals surface area contributed by atoms with Crippen molar-refractivity contribution < 1.29 is 8.78 Å². The first-order valence-corrected chi connectivity index (χ1v) is 9.52. The van der Waals surface area contributed by atoms with Crippen molar-refractivity contribution in [2.45, 2.75) is 45.0 Å². The molecule has 1 atom stereocenters. The second-order valence-corrected chi connectivity index (χ2v) is 8.08. The minimum absolute atomic E-state index is 0.0108. The molecule has 0 radical (unpaired) electrons. The van der Waals surface area contributed by atoms with E-state index in [1.54, 1.807) is 0 Å². The van der Waals surface area contributed by atoms with Crippen molar-refractivity contribution in [3.63, 3.8) is 0 Å². The molecule has 3 aromatic rings. The van der Waals surface area contributed by atoms with Gasteiger partial charge in [0.2, 0.25) is 5.92 Å². The summed E-state index contributed by atoms with van der Waals surface area (Å²) in [6, 6.07) is 16.8. The molecule has 1 aliphatic heterocycles. The van der Waals surface area contributed by atoms with Crippen molar-refractivity contribution in [3.05, 3.63) is 76.3 Å². The van der Waals surface area contributed by atoms with Crippen LogP contribution in [0.2, 0.25) is 0 Å². The molecule has 1 heterocycles. The van der Waals surface area contributed by atoms with Crippen molar-refractivity contribution in [2.24, 2.45) is 4.99 Å². The quantitative estimate of drug-likeness (QED) is 0.370. The fourth-order valence-corrected chi connectivity index (χ4v) is 4.69. The number of alkyl halides is 2. The molecule has 0 amide bonds. The lowest BCUT2D eigenvalue weighted by molar-refractivity contribution is 0.00777. The summed E-state index contributed by atoms with van der Waals surface area (Å²) in [5.74, 6) is -2.61. The van der Waals surface area contributed by atoms with E-state index in [0.717, 1.165) is 38.9 Å². The summed E-state index contributed by atoms with van der Waals surface area (Å²) in [5.41, 5.74) is 7.53. The fraction of sp³-hybridized carbons (Fsp3) is 0.292. The molecule has 27 heavy (non-hydrogen) atoms. The summed E-state index contributed by atoms with van der Waals surface area (Å²) in [4.78, 5) is 4.91. The summed E-state index contributed by atoms with van der Waals surface area (Å²) in [5, 5.41) is 2.23. The van der Waals surface area contributed by atoms with Crippen molar-refractivity contribution in [2.75, 3.05) is 0 Å². The Labute approximate surface area is 157 Å². The predicted octanol–water partition coefficient (Wildman–Crippen LogP) is 6.84. The Balaban J connectivity index is 1.68. The predicted molar refractivity (Wildman–Crippen MR) is 107 cm³/mol. The zero-order chi connectivity index (χ0) is 18.8. The maximum absolute atomic E-state index is 13.8. The van der Waals surface area contributed by atoms with E-state index >= 15 is 0 Å². The van der Waals surface area contributed by atoms with E-state index in [9.17, 15) is 8.78 Å². The number of hydrogen-bond donors (Lipinski definition) is 0. The standard InChI is InChI=1S/C24H21F2N/c1-14-8-15(2)10-19(9-14)23-20-12-18(17-6-7-24(25,26)13-17)11-16-4-3-5-21(27-23)22(16)20/h3-5,8-12,17H,6-7,13H2,1-2H3. The van der Waals surface area contributed by atoms with Crippen molar-refractivity contribution in [1.29, 1.82) is 0 Å². The Morgan fingerprint density at radius 3 is 2.48 bits per heavy atom. The third-order valence-corrected chi connectivity index (χ3v) is 5.83. The largest absolute Gasteiger partial charge is 0.248 e.